The molecule has 7 heteroatoms. The fraction of sp³-hybridized carbons (Fsp3) is 0.391. The van der Waals surface area contributed by atoms with Crippen molar-refractivity contribution >= 4 is 23.2 Å². The van der Waals surface area contributed by atoms with Crippen molar-refractivity contribution in [1.82, 2.24) is 9.80 Å². The van der Waals surface area contributed by atoms with Crippen LogP contribution in [-0.2, 0) is 4.79 Å². The van der Waals surface area contributed by atoms with Crippen molar-refractivity contribution in [2.45, 2.75) is 12.8 Å². The highest BCUT2D eigenvalue weighted by atomic mass is 19.1. The number of nitrogens with zero attached hydrogens (tertiary/aromatic N) is 3. The van der Waals surface area contributed by atoms with Crippen molar-refractivity contribution in [1.29, 1.82) is 0 Å². The molecular weight excluding hydrogens is 383 g/mol. The quantitative estimate of drug-likeness (QED) is 0.824. The number of halogens is 1. The van der Waals surface area contributed by atoms with Crippen molar-refractivity contribution in [2.75, 3.05) is 56.0 Å². The van der Waals surface area contributed by atoms with Gasteiger partial charge in [0.2, 0.25) is 5.91 Å². The first-order valence-electron chi connectivity index (χ1n) is 10.5. The molecule has 2 fully saturated rings. The van der Waals surface area contributed by atoms with Gasteiger partial charge in [0.05, 0.1) is 12.2 Å². The van der Waals surface area contributed by atoms with Crippen molar-refractivity contribution in [2.24, 2.45) is 0 Å². The van der Waals surface area contributed by atoms with Crippen LogP contribution in [0, 0.1) is 5.82 Å². The third-order valence-electron chi connectivity index (χ3n) is 5.74. The molecule has 0 saturated carbocycles. The average Bonchev–Trinajstić information content (AvgIpc) is 3.30. The van der Waals surface area contributed by atoms with Crippen molar-refractivity contribution < 1.29 is 14.0 Å². The molecule has 0 aromatic heterocycles. The minimum atomic E-state index is -0.213. The first-order chi connectivity index (χ1) is 14.6. The maximum atomic E-state index is 13.9. The summed E-state index contributed by atoms with van der Waals surface area (Å²) in [5.74, 6) is -0.249. The highest BCUT2D eigenvalue weighted by molar-refractivity contribution is 5.96. The summed E-state index contributed by atoms with van der Waals surface area (Å²) >= 11 is 0. The van der Waals surface area contributed by atoms with E-state index in [1.54, 1.807) is 36.4 Å². The fourth-order valence-electron chi connectivity index (χ4n) is 4.06. The van der Waals surface area contributed by atoms with Gasteiger partial charge in [-0.15, -0.1) is 0 Å². The Morgan fingerprint density at radius 3 is 2.20 bits per heavy atom. The lowest BCUT2D eigenvalue weighted by Crippen LogP contribution is -2.48. The van der Waals surface area contributed by atoms with Crippen LogP contribution in [0.15, 0.2) is 48.5 Å². The summed E-state index contributed by atoms with van der Waals surface area (Å²) in [5, 5.41) is 2.90. The third-order valence-corrected chi connectivity index (χ3v) is 5.74. The number of hydrogen-bond acceptors (Lipinski definition) is 4. The normalized spacial score (nSPS) is 17.2. The molecule has 2 saturated heterocycles. The molecule has 2 aromatic carbocycles. The lowest BCUT2D eigenvalue weighted by atomic mass is 10.2. The van der Waals surface area contributed by atoms with E-state index in [2.05, 4.69) is 10.2 Å². The molecule has 0 radical (unpaired) electrons. The Labute approximate surface area is 176 Å². The van der Waals surface area contributed by atoms with Gasteiger partial charge in [-0.05, 0) is 49.2 Å². The summed E-state index contributed by atoms with van der Waals surface area (Å²) in [6.07, 6.45) is 2.13. The minimum absolute atomic E-state index is 0.0538. The molecular formula is C23H27FN4O2. The van der Waals surface area contributed by atoms with E-state index in [1.165, 1.54) is 6.07 Å². The Balaban J connectivity index is 1.25. The van der Waals surface area contributed by atoms with Gasteiger partial charge in [-0.3, -0.25) is 14.5 Å². The van der Waals surface area contributed by atoms with Gasteiger partial charge < -0.3 is 15.1 Å². The van der Waals surface area contributed by atoms with Crippen molar-refractivity contribution in [3.05, 3.63) is 59.9 Å². The Bertz CT molecular complexity index is 888. The first-order valence-corrected chi connectivity index (χ1v) is 10.5. The van der Waals surface area contributed by atoms with Gasteiger partial charge in [0, 0.05) is 50.5 Å². The zero-order valence-electron chi connectivity index (χ0n) is 17.0. The van der Waals surface area contributed by atoms with Gasteiger partial charge in [0.15, 0.2) is 0 Å². The summed E-state index contributed by atoms with van der Waals surface area (Å²) in [7, 11) is 0. The van der Waals surface area contributed by atoms with Crippen LogP contribution in [0.4, 0.5) is 15.8 Å². The van der Waals surface area contributed by atoms with E-state index in [-0.39, 0.29) is 17.6 Å². The molecule has 2 aliphatic rings. The van der Waals surface area contributed by atoms with Gasteiger partial charge in [-0.2, -0.15) is 0 Å². The van der Waals surface area contributed by atoms with Gasteiger partial charge in [-0.25, -0.2) is 4.39 Å². The standard InChI is InChI=1S/C23H27FN4O2/c24-20-5-1-2-6-21(20)27-15-13-26(14-16-27)17-22(29)25-19-9-7-18(8-10-19)23(30)28-11-3-4-12-28/h1-2,5-10H,3-4,11-17H2,(H,25,29). The molecule has 0 unspecified atom stereocenters. The zero-order valence-corrected chi connectivity index (χ0v) is 17.0. The second kappa shape index (κ2) is 9.26. The molecule has 2 heterocycles. The van der Waals surface area contributed by atoms with E-state index in [0.717, 1.165) is 25.9 Å². The first kappa shape index (κ1) is 20.3. The monoisotopic (exact) mass is 410 g/mol. The molecule has 0 atom stereocenters. The minimum Gasteiger partial charge on any atom is -0.367 e. The van der Waals surface area contributed by atoms with Gasteiger partial charge in [0.25, 0.3) is 5.91 Å². The number of carbonyl (C=O) groups excluding carboxylic acids is 2. The van der Waals surface area contributed by atoms with E-state index in [1.807, 2.05) is 15.9 Å². The predicted molar refractivity (Wildman–Crippen MR) is 115 cm³/mol. The molecule has 6 nitrogen and oxygen atoms in total. The highest BCUT2D eigenvalue weighted by Gasteiger charge is 2.21. The summed E-state index contributed by atoms with van der Waals surface area (Å²) < 4.78 is 13.9. The van der Waals surface area contributed by atoms with E-state index in [0.29, 0.717) is 49.7 Å². The molecule has 30 heavy (non-hydrogen) atoms. The Morgan fingerprint density at radius 1 is 0.867 bits per heavy atom. The summed E-state index contributed by atoms with van der Waals surface area (Å²) in [4.78, 5) is 30.8. The van der Waals surface area contributed by atoms with Gasteiger partial charge in [-0.1, -0.05) is 12.1 Å². The van der Waals surface area contributed by atoms with E-state index >= 15 is 0 Å². The molecule has 2 aromatic rings. The number of benzene rings is 2. The topological polar surface area (TPSA) is 55.9 Å². The highest BCUT2D eigenvalue weighted by Crippen LogP contribution is 2.20. The van der Waals surface area contributed by atoms with Crippen LogP contribution in [0.3, 0.4) is 0 Å². The number of amides is 2. The summed E-state index contributed by atoms with van der Waals surface area (Å²) in [6.45, 7) is 4.70. The Hall–Kier alpha value is -2.93. The number of anilines is 2. The molecule has 2 aliphatic heterocycles. The Kier molecular flexibility index (Phi) is 6.28. The lowest BCUT2D eigenvalue weighted by Gasteiger charge is -2.35. The van der Waals surface area contributed by atoms with Crippen LogP contribution in [0.2, 0.25) is 0 Å². The molecule has 0 aliphatic carbocycles. The van der Waals surface area contributed by atoms with Crippen molar-refractivity contribution in [3.8, 4) is 0 Å². The number of rotatable bonds is 5. The summed E-state index contributed by atoms with van der Waals surface area (Å²) in [5.41, 5.74) is 1.95. The lowest BCUT2D eigenvalue weighted by molar-refractivity contribution is -0.117. The number of piperazine rings is 1. The van der Waals surface area contributed by atoms with Crippen LogP contribution in [-0.4, -0.2) is 67.4 Å². The molecule has 0 bridgehead atoms. The third kappa shape index (κ3) is 4.79. The number of likely N-dealkylation sites (tertiary alicyclic amines) is 1. The Morgan fingerprint density at radius 2 is 1.53 bits per heavy atom. The SMILES string of the molecule is O=C(CN1CCN(c2ccccc2F)CC1)Nc1ccc(C(=O)N2CCCC2)cc1. The predicted octanol–water partition coefficient (Wildman–Crippen LogP) is 2.82. The van der Waals surface area contributed by atoms with E-state index in [4.69, 9.17) is 0 Å². The van der Waals surface area contributed by atoms with Gasteiger partial charge in [0.1, 0.15) is 5.82 Å². The van der Waals surface area contributed by atoms with Crippen LogP contribution in [0.5, 0.6) is 0 Å². The molecule has 1 N–H and O–H groups in total. The smallest absolute Gasteiger partial charge is 0.253 e. The van der Waals surface area contributed by atoms with E-state index in [9.17, 15) is 14.0 Å². The second-order valence-electron chi connectivity index (χ2n) is 7.84. The molecule has 2 amide bonds. The molecule has 4 rings (SSSR count). The zero-order chi connectivity index (χ0) is 20.9. The maximum absolute atomic E-state index is 13.9. The largest absolute Gasteiger partial charge is 0.367 e. The van der Waals surface area contributed by atoms with Crippen molar-refractivity contribution in [3.63, 3.8) is 0 Å². The molecule has 158 valence electrons. The van der Waals surface area contributed by atoms with Crippen LogP contribution in [0.25, 0.3) is 0 Å². The average molecular weight is 410 g/mol. The van der Waals surface area contributed by atoms with Crippen LogP contribution in [0.1, 0.15) is 23.2 Å². The summed E-state index contributed by atoms with van der Waals surface area (Å²) in [6, 6.07) is 13.9. The van der Waals surface area contributed by atoms with Gasteiger partial charge >= 0.3 is 0 Å². The second-order valence-corrected chi connectivity index (χ2v) is 7.84. The van der Waals surface area contributed by atoms with E-state index < -0.39 is 0 Å². The number of carbonyl (C=O) groups is 2. The maximum Gasteiger partial charge on any atom is 0.253 e. The van der Waals surface area contributed by atoms with Crippen LogP contribution >= 0.6 is 0 Å². The number of nitrogens with one attached hydrogen (secondary N) is 1. The number of hydrogen-bond donors (Lipinski definition) is 1. The fourth-order valence-corrected chi connectivity index (χ4v) is 4.06. The molecule has 0 spiro atoms. The number of para-hydroxylation sites is 1. The van der Waals surface area contributed by atoms with Crippen LogP contribution < -0.4 is 10.2 Å².